The Morgan fingerprint density at radius 3 is 2.70 bits per heavy atom. The lowest BCUT2D eigenvalue weighted by molar-refractivity contribution is -0.118. The molecule has 0 atom stereocenters. The molecule has 0 bridgehead atoms. The number of nitrogens with zero attached hydrogens (tertiary/aromatic N) is 2. The van der Waals surface area contributed by atoms with Gasteiger partial charge in [-0.05, 0) is 24.1 Å². The van der Waals surface area contributed by atoms with Gasteiger partial charge >= 0.3 is 0 Å². The Hall–Kier alpha value is -2.91. The second-order valence-corrected chi connectivity index (χ2v) is 9.37. The fraction of sp³-hybridized carbons (Fsp3) is 0.292. The normalized spacial score (nSPS) is 12.3. The molecule has 9 heteroatoms. The maximum absolute atomic E-state index is 13.3. The van der Waals surface area contributed by atoms with Crippen LogP contribution in [-0.2, 0) is 17.6 Å². The monoisotopic (exact) mass is 483 g/mol. The van der Waals surface area contributed by atoms with E-state index in [4.69, 9.17) is 14.5 Å². The highest BCUT2D eigenvalue weighted by Gasteiger charge is 2.23. The lowest BCUT2D eigenvalue weighted by atomic mass is 10.1. The van der Waals surface area contributed by atoms with Gasteiger partial charge in [0, 0.05) is 24.8 Å². The van der Waals surface area contributed by atoms with Crippen molar-refractivity contribution in [1.29, 1.82) is 0 Å². The summed E-state index contributed by atoms with van der Waals surface area (Å²) in [5.74, 6) is 1.99. The molecule has 4 rings (SSSR count). The standard InChI is InChI=1S/C24H25N3O4S2/c1-30-19-9-8-17(14-20(19)31-2)27-23(29)22-18(11-13-32-22)26-24(27)33-15-21(28)25-12-10-16-6-4-3-5-7-16/h3-9,14H,10-13,15H2,1-2H3,(H,25,28). The zero-order valence-electron chi connectivity index (χ0n) is 18.5. The lowest BCUT2D eigenvalue weighted by Crippen LogP contribution is -2.28. The largest absolute Gasteiger partial charge is 0.493 e. The van der Waals surface area contributed by atoms with E-state index in [1.54, 1.807) is 37.0 Å². The molecular weight excluding hydrogens is 458 g/mol. The molecule has 3 aromatic rings. The van der Waals surface area contributed by atoms with Crippen molar-refractivity contribution in [3.05, 3.63) is 70.1 Å². The summed E-state index contributed by atoms with van der Waals surface area (Å²) in [5.41, 5.74) is 2.47. The molecule has 0 spiro atoms. The number of amides is 1. The first kappa shape index (κ1) is 23.3. The number of methoxy groups -OCH3 is 2. The van der Waals surface area contributed by atoms with E-state index in [1.807, 2.05) is 30.3 Å². The second kappa shape index (κ2) is 10.8. The maximum Gasteiger partial charge on any atom is 0.272 e. The van der Waals surface area contributed by atoms with Crippen molar-refractivity contribution in [2.24, 2.45) is 0 Å². The number of hydrogen-bond donors (Lipinski definition) is 1. The Balaban J connectivity index is 1.53. The number of carbonyl (C=O) groups excluding carboxylic acids is 1. The van der Waals surface area contributed by atoms with Gasteiger partial charge in [0.05, 0.1) is 36.2 Å². The van der Waals surface area contributed by atoms with Gasteiger partial charge in [-0.1, -0.05) is 42.1 Å². The molecule has 1 aliphatic rings. The second-order valence-electron chi connectivity index (χ2n) is 7.32. The predicted octanol–water partition coefficient (Wildman–Crippen LogP) is 3.35. The zero-order chi connectivity index (χ0) is 23.2. The SMILES string of the molecule is COc1ccc(-n2c(SCC(=O)NCCc3ccccc3)nc3c(c2=O)SCC3)cc1OC. The summed E-state index contributed by atoms with van der Waals surface area (Å²) in [6, 6.07) is 15.3. The average Bonchev–Trinajstić information content (AvgIpc) is 3.32. The molecular formula is C24H25N3O4S2. The van der Waals surface area contributed by atoms with Gasteiger partial charge in [-0.25, -0.2) is 4.98 Å². The van der Waals surface area contributed by atoms with Crippen molar-refractivity contribution < 1.29 is 14.3 Å². The first-order chi connectivity index (χ1) is 16.1. The van der Waals surface area contributed by atoms with E-state index >= 15 is 0 Å². The first-order valence-electron chi connectivity index (χ1n) is 10.5. The van der Waals surface area contributed by atoms with Crippen molar-refractivity contribution in [3.8, 4) is 17.2 Å². The molecule has 1 aliphatic heterocycles. The van der Waals surface area contributed by atoms with E-state index in [-0.39, 0.29) is 17.2 Å². The summed E-state index contributed by atoms with van der Waals surface area (Å²) in [6.45, 7) is 0.556. The van der Waals surface area contributed by atoms with Crippen molar-refractivity contribution >= 4 is 29.4 Å². The highest BCUT2D eigenvalue weighted by molar-refractivity contribution is 8.00. The van der Waals surface area contributed by atoms with Crippen LogP contribution < -0.4 is 20.3 Å². The number of hydrogen-bond acceptors (Lipinski definition) is 7. The van der Waals surface area contributed by atoms with Crippen LogP contribution in [0.3, 0.4) is 0 Å². The average molecular weight is 484 g/mol. The third-order valence-electron chi connectivity index (χ3n) is 5.20. The third kappa shape index (κ3) is 5.36. The molecule has 2 aromatic carbocycles. The van der Waals surface area contributed by atoms with Crippen LogP contribution in [0.15, 0.2) is 63.4 Å². The fourth-order valence-corrected chi connectivity index (χ4v) is 5.44. The maximum atomic E-state index is 13.3. The molecule has 7 nitrogen and oxygen atoms in total. The smallest absolute Gasteiger partial charge is 0.272 e. The summed E-state index contributed by atoms with van der Waals surface area (Å²) >= 11 is 2.78. The fourth-order valence-electron chi connectivity index (χ4n) is 3.55. The number of carbonyl (C=O) groups is 1. The summed E-state index contributed by atoms with van der Waals surface area (Å²) in [5, 5.41) is 3.44. The Morgan fingerprint density at radius 2 is 1.94 bits per heavy atom. The molecule has 1 aromatic heterocycles. The van der Waals surface area contributed by atoms with Crippen LogP contribution in [-0.4, -0.2) is 47.7 Å². The number of aryl methyl sites for hydroxylation is 1. The van der Waals surface area contributed by atoms with E-state index in [0.29, 0.717) is 33.8 Å². The zero-order valence-corrected chi connectivity index (χ0v) is 20.1. The van der Waals surface area contributed by atoms with Crippen molar-refractivity contribution in [2.75, 3.05) is 32.3 Å². The Kier molecular flexibility index (Phi) is 7.61. The Labute approximate surface area is 200 Å². The molecule has 0 radical (unpaired) electrons. The number of ether oxygens (including phenoxy) is 2. The van der Waals surface area contributed by atoms with Gasteiger partial charge in [0.1, 0.15) is 0 Å². The lowest BCUT2D eigenvalue weighted by Gasteiger charge is -2.15. The van der Waals surface area contributed by atoms with Crippen molar-refractivity contribution in [2.45, 2.75) is 22.9 Å². The quantitative estimate of drug-likeness (QED) is 0.369. The van der Waals surface area contributed by atoms with E-state index in [1.165, 1.54) is 29.1 Å². The summed E-state index contributed by atoms with van der Waals surface area (Å²) in [7, 11) is 3.12. The van der Waals surface area contributed by atoms with Crippen molar-refractivity contribution in [1.82, 2.24) is 14.9 Å². The highest BCUT2D eigenvalue weighted by atomic mass is 32.2. The molecule has 0 saturated heterocycles. The number of thioether (sulfide) groups is 2. The first-order valence-corrected chi connectivity index (χ1v) is 12.5. The molecule has 0 fully saturated rings. The van der Waals surface area contributed by atoms with E-state index in [2.05, 4.69) is 5.32 Å². The summed E-state index contributed by atoms with van der Waals surface area (Å²) in [6.07, 6.45) is 1.51. The molecule has 33 heavy (non-hydrogen) atoms. The number of nitrogens with one attached hydrogen (secondary N) is 1. The van der Waals surface area contributed by atoms with Crippen LogP contribution in [0.4, 0.5) is 0 Å². The highest BCUT2D eigenvalue weighted by Crippen LogP contribution is 2.33. The predicted molar refractivity (Wildman–Crippen MR) is 131 cm³/mol. The molecule has 172 valence electrons. The topological polar surface area (TPSA) is 82.5 Å². The summed E-state index contributed by atoms with van der Waals surface area (Å²) in [4.78, 5) is 31.2. The minimum Gasteiger partial charge on any atom is -0.493 e. The van der Waals surface area contributed by atoms with Crippen LogP contribution in [0, 0.1) is 0 Å². The van der Waals surface area contributed by atoms with Gasteiger partial charge in [0.2, 0.25) is 5.91 Å². The molecule has 2 heterocycles. The Bertz CT molecular complexity index is 1200. The van der Waals surface area contributed by atoms with E-state index in [9.17, 15) is 9.59 Å². The van der Waals surface area contributed by atoms with Crippen LogP contribution in [0.1, 0.15) is 11.3 Å². The van der Waals surface area contributed by atoms with Gasteiger partial charge in [0.15, 0.2) is 16.7 Å². The Morgan fingerprint density at radius 1 is 1.15 bits per heavy atom. The molecule has 0 saturated carbocycles. The molecule has 0 unspecified atom stereocenters. The number of fused-ring (bicyclic) bond motifs is 1. The van der Waals surface area contributed by atoms with Crippen LogP contribution in [0.25, 0.3) is 5.69 Å². The van der Waals surface area contributed by atoms with E-state index < -0.39 is 0 Å². The molecule has 0 aliphatic carbocycles. The number of aromatic nitrogens is 2. The third-order valence-corrected chi connectivity index (χ3v) is 7.25. The summed E-state index contributed by atoms with van der Waals surface area (Å²) < 4.78 is 12.3. The van der Waals surface area contributed by atoms with Crippen LogP contribution in [0.5, 0.6) is 11.5 Å². The van der Waals surface area contributed by atoms with Gasteiger partial charge in [-0.15, -0.1) is 11.8 Å². The minimum atomic E-state index is -0.123. The van der Waals surface area contributed by atoms with Crippen LogP contribution in [0.2, 0.25) is 0 Å². The van der Waals surface area contributed by atoms with Gasteiger partial charge in [-0.3, -0.25) is 14.2 Å². The van der Waals surface area contributed by atoms with Gasteiger partial charge in [0.25, 0.3) is 5.56 Å². The number of benzene rings is 2. The van der Waals surface area contributed by atoms with Gasteiger partial charge < -0.3 is 14.8 Å². The minimum absolute atomic E-state index is 0.0982. The van der Waals surface area contributed by atoms with Crippen molar-refractivity contribution in [3.63, 3.8) is 0 Å². The van der Waals surface area contributed by atoms with E-state index in [0.717, 1.165) is 24.3 Å². The number of rotatable bonds is 9. The molecule has 1 N–H and O–H groups in total. The molecule has 1 amide bonds. The van der Waals surface area contributed by atoms with Gasteiger partial charge in [-0.2, -0.15) is 0 Å². The van der Waals surface area contributed by atoms with Crippen LogP contribution >= 0.6 is 23.5 Å².